The third kappa shape index (κ3) is 6.29. The summed E-state index contributed by atoms with van der Waals surface area (Å²) in [5, 5.41) is 5.90. The minimum absolute atomic E-state index is 0.689. The Morgan fingerprint density at radius 3 is 1.49 bits per heavy atom. The molecule has 0 amide bonds. The van der Waals surface area contributed by atoms with Gasteiger partial charge in [-0.15, -0.1) is 0 Å². The Hall–Kier alpha value is -9.46. The van der Waals surface area contributed by atoms with Crippen molar-refractivity contribution in [3.63, 3.8) is 0 Å². The lowest BCUT2D eigenvalue weighted by atomic mass is 10.0. The van der Waals surface area contributed by atoms with E-state index in [1.165, 1.54) is 21.5 Å². The van der Waals surface area contributed by atoms with Crippen LogP contribution in [0, 0.1) is 0 Å². The lowest BCUT2D eigenvalue weighted by Gasteiger charge is -2.12. The molecule has 5 heterocycles. The number of benzene rings is 9. The fourth-order valence-electron chi connectivity index (χ4n) is 10.4. The zero-order chi connectivity index (χ0) is 45.4. The zero-order valence-electron chi connectivity index (χ0n) is 37.1. The van der Waals surface area contributed by atoms with Crippen molar-refractivity contribution in [2.45, 2.75) is 0 Å². The fraction of sp³-hybridized carbons (Fsp3) is 0. The van der Waals surface area contributed by atoms with Gasteiger partial charge in [-0.2, -0.15) is 0 Å². The van der Waals surface area contributed by atoms with Crippen LogP contribution in [-0.2, 0) is 0 Å². The third-order valence-corrected chi connectivity index (χ3v) is 13.6. The Balaban J connectivity index is 0.879. The number of aromatic nitrogens is 7. The predicted molar refractivity (Wildman–Crippen MR) is 282 cm³/mol. The quantitative estimate of drug-likeness (QED) is 0.160. The molecule has 5 aromatic heterocycles. The van der Waals surface area contributed by atoms with Gasteiger partial charge in [0.15, 0.2) is 5.82 Å². The number of para-hydroxylation sites is 3. The molecule has 14 aromatic rings. The van der Waals surface area contributed by atoms with E-state index in [2.05, 4.69) is 201 Å². The van der Waals surface area contributed by atoms with Gasteiger partial charge in [0.05, 0.1) is 56.2 Å². The molecule has 14 rings (SSSR count). The maximum Gasteiger partial charge on any atom is 0.160 e. The Labute approximate surface area is 396 Å². The van der Waals surface area contributed by atoms with Crippen molar-refractivity contribution in [3.05, 3.63) is 237 Å². The number of rotatable bonds is 7. The highest BCUT2D eigenvalue weighted by Gasteiger charge is 2.20. The van der Waals surface area contributed by atoms with Crippen LogP contribution in [0.15, 0.2) is 237 Å². The van der Waals surface area contributed by atoms with E-state index in [1.54, 1.807) is 6.33 Å². The van der Waals surface area contributed by atoms with Crippen LogP contribution in [-0.4, -0.2) is 33.6 Å². The SMILES string of the molecule is c1ccc(-c2cc(-c3ccccc3)nc(-c3ccc(-n4c5ccccc5c5ccc(-c6ccc7c(c6)c6ccccc6n7-c6ccc7c(c6)c6ncncc6n7-c6ccccc6)cc54)cc3)n2)cc1. The van der Waals surface area contributed by atoms with E-state index < -0.39 is 0 Å². The second kappa shape index (κ2) is 15.6. The molecule has 9 aromatic carbocycles. The minimum atomic E-state index is 0.689. The average Bonchev–Trinajstić information content (AvgIpc) is 4.06. The minimum Gasteiger partial charge on any atom is -0.309 e. The molecule has 0 aliphatic rings. The lowest BCUT2D eigenvalue weighted by Crippen LogP contribution is -1.97. The van der Waals surface area contributed by atoms with Gasteiger partial charge in [0.25, 0.3) is 0 Å². The second-order valence-electron chi connectivity index (χ2n) is 17.5. The summed E-state index contributed by atoms with van der Waals surface area (Å²) < 4.78 is 7.02. The van der Waals surface area contributed by atoms with E-state index >= 15 is 0 Å². The topological polar surface area (TPSA) is 66.3 Å². The number of nitrogens with zero attached hydrogens (tertiary/aromatic N) is 7. The van der Waals surface area contributed by atoms with Crippen molar-refractivity contribution in [2.75, 3.05) is 0 Å². The van der Waals surface area contributed by atoms with Gasteiger partial charge < -0.3 is 13.7 Å². The normalized spacial score (nSPS) is 11.8. The molecular formula is C62H39N7. The molecule has 0 spiro atoms. The van der Waals surface area contributed by atoms with E-state index in [0.29, 0.717) is 5.82 Å². The van der Waals surface area contributed by atoms with Gasteiger partial charge in [-0.05, 0) is 102 Å². The molecule has 0 aliphatic carbocycles. The van der Waals surface area contributed by atoms with Crippen LogP contribution in [0.5, 0.6) is 0 Å². The van der Waals surface area contributed by atoms with Crippen LogP contribution in [0.25, 0.3) is 128 Å². The Morgan fingerprint density at radius 2 is 0.783 bits per heavy atom. The van der Waals surface area contributed by atoms with Crippen molar-refractivity contribution in [3.8, 4) is 62.1 Å². The molecular weight excluding hydrogens is 843 g/mol. The van der Waals surface area contributed by atoms with Crippen molar-refractivity contribution < 1.29 is 0 Å². The first-order valence-corrected chi connectivity index (χ1v) is 23.2. The lowest BCUT2D eigenvalue weighted by molar-refractivity contribution is 1.14. The van der Waals surface area contributed by atoms with Crippen LogP contribution < -0.4 is 0 Å². The molecule has 0 saturated heterocycles. The molecule has 7 nitrogen and oxygen atoms in total. The van der Waals surface area contributed by atoms with Gasteiger partial charge in [0.2, 0.25) is 0 Å². The molecule has 0 bridgehead atoms. The molecule has 0 saturated carbocycles. The van der Waals surface area contributed by atoms with E-state index in [1.807, 2.05) is 48.7 Å². The van der Waals surface area contributed by atoms with E-state index in [9.17, 15) is 0 Å². The second-order valence-corrected chi connectivity index (χ2v) is 17.5. The average molecular weight is 882 g/mol. The Kier molecular flexibility index (Phi) is 8.75. The molecule has 0 radical (unpaired) electrons. The molecule has 69 heavy (non-hydrogen) atoms. The molecule has 0 aliphatic heterocycles. The molecule has 322 valence electrons. The summed E-state index contributed by atoms with van der Waals surface area (Å²) in [4.78, 5) is 19.4. The first kappa shape index (κ1) is 38.8. The van der Waals surface area contributed by atoms with Gasteiger partial charge in [0, 0.05) is 60.7 Å². The first-order chi connectivity index (χ1) is 34.2. The summed E-state index contributed by atoms with van der Waals surface area (Å²) in [6.07, 6.45) is 3.55. The van der Waals surface area contributed by atoms with Gasteiger partial charge in [-0.25, -0.2) is 19.9 Å². The number of hydrogen-bond acceptors (Lipinski definition) is 4. The fourth-order valence-corrected chi connectivity index (χ4v) is 10.4. The van der Waals surface area contributed by atoms with Crippen LogP contribution >= 0.6 is 0 Å². The summed E-state index contributed by atoms with van der Waals surface area (Å²) in [6, 6.07) is 79.8. The van der Waals surface area contributed by atoms with Crippen LogP contribution in [0.2, 0.25) is 0 Å². The van der Waals surface area contributed by atoms with Crippen molar-refractivity contribution >= 4 is 65.5 Å². The van der Waals surface area contributed by atoms with Gasteiger partial charge in [-0.3, -0.25) is 0 Å². The highest BCUT2D eigenvalue weighted by Crippen LogP contribution is 2.40. The van der Waals surface area contributed by atoms with Crippen molar-refractivity contribution in [1.29, 1.82) is 0 Å². The maximum atomic E-state index is 5.11. The Bertz CT molecular complexity index is 4230. The van der Waals surface area contributed by atoms with Gasteiger partial charge in [0.1, 0.15) is 6.33 Å². The van der Waals surface area contributed by atoms with Crippen LogP contribution in [0.3, 0.4) is 0 Å². The molecule has 0 fully saturated rings. The summed E-state index contributed by atoms with van der Waals surface area (Å²) >= 11 is 0. The maximum absolute atomic E-state index is 5.11. The molecule has 0 atom stereocenters. The van der Waals surface area contributed by atoms with Gasteiger partial charge >= 0.3 is 0 Å². The summed E-state index contributed by atoms with van der Waals surface area (Å²) in [6.45, 7) is 0. The largest absolute Gasteiger partial charge is 0.309 e. The van der Waals surface area contributed by atoms with E-state index in [0.717, 1.165) is 100 Å². The molecule has 0 unspecified atom stereocenters. The molecule has 0 N–H and O–H groups in total. The van der Waals surface area contributed by atoms with E-state index in [4.69, 9.17) is 15.0 Å². The van der Waals surface area contributed by atoms with Crippen LogP contribution in [0.1, 0.15) is 0 Å². The third-order valence-electron chi connectivity index (χ3n) is 13.6. The Morgan fingerprint density at radius 1 is 0.290 bits per heavy atom. The van der Waals surface area contributed by atoms with E-state index in [-0.39, 0.29) is 0 Å². The highest BCUT2D eigenvalue weighted by molar-refractivity contribution is 6.13. The monoisotopic (exact) mass is 881 g/mol. The number of fused-ring (bicyclic) bond motifs is 9. The standard InChI is InChI=1S/C62H39N7/c1-4-14-40(15-5-1)53-37-54(41-16-6-2-7-17-41)66-62(65-53)42-24-28-46(29-25-42)67-55-22-12-10-20-48(55)50-31-26-44(35-59(50)67)43-27-32-57-51(34-43)49-21-11-13-23-56(49)69(57)47-30-33-58-52(36-47)61-60(38-63-39-64-61)68(58)45-18-8-3-9-19-45/h1-39H. The zero-order valence-corrected chi connectivity index (χ0v) is 37.1. The summed E-state index contributed by atoms with van der Waals surface area (Å²) in [5.74, 6) is 0.689. The smallest absolute Gasteiger partial charge is 0.160 e. The van der Waals surface area contributed by atoms with Crippen LogP contribution in [0.4, 0.5) is 0 Å². The first-order valence-electron chi connectivity index (χ1n) is 23.2. The molecule has 7 heteroatoms. The summed E-state index contributed by atoms with van der Waals surface area (Å²) in [5.41, 5.74) is 18.0. The van der Waals surface area contributed by atoms with Crippen molar-refractivity contribution in [1.82, 2.24) is 33.6 Å². The number of hydrogen-bond donors (Lipinski definition) is 0. The highest BCUT2D eigenvalue weighted by atomic mass is 15.0. The van der Waals surface area contributed by atoms with Gasteiger partial charge in [-0.1, -0.05) is 133 Å². The summed E-state index contributed by atoms with van der Waals surface area (Å²) in [7, 11) is 0. The van der Waals surface area contributed by atoms with Crippen molar-refractivity contribution in [2.24, 2.45) is 0 Å². The predicted octanol–water partition coefficient (Wildman–Crippen LogP) is 15.2.